The van der Waals surface area contributed by atoms with Gasteiger partial charge in [0.05, 0.1) is 0 Å². The van der Waals surface area contributed by atoms with Crippen LogP contribution < -0.4 is 5.73 Å². The Balaban J connectivity index is 2.73. The molecule has 0 aromatic heterocycles. The first-order valence-electron chi connectivity index (χ1n) is 7.60. The van der Waals surface area contributed by atoms with Crippen molar-refractivity contribution in [1.29, 1.82) is 0 Å². The van der Waals surface area contributed by atoms with Crippen LogP contribution in [0.25, 0.3) is 0 Å². The van der Waals surface area contributed by atoms with E-state index in [1.165, 1.54) is 17.4 Å². The van der Waals surface area contributed by atoms with E-state index in [9.17, 15) is 14.4 Å². The molecule has 6 nitrogen and oxygen atoms in total. The number of hydrogen-bond acceptors (Lipinski definition) is 3. The lowest BCUT2D eigenvalue weighted by Gasteiger charge is -2.29. The SMILES string of the molecule is CC(=O)N(CC(N)=O)C(=O)N(C)CC(C)C(C)c1ccccc1. The van der Waals surface area contributed by atoms with Gasteiger partial charge in [-0.2, -0.15) is 0 Å². The number of carbonyl (C=O) groups excluding carboxylic acids is 3. The quantitative estimate of drug-likeness (QED) is 0.868. The lowest BCUT2D eigenvalue weighted by atomic mass is 9.89. The Bertz CT molecular complexity index is 559. The fourth-order valence-electron chi connectivity index (χ4n) is 2.43. The number of hydrogen-bond donors (Lipinski definition) is 1. The van der Waals surface area contributed by atoms with Gasteiger partial charge in [0.1, 0.15) is 6.54 Å². The Hall–Kier alpha value is -2.37. The van der Waals surface area contributed by atoms with Crippen molar-refractivity contribution < 1.29 is 14.4 Å². The highest BCUT2D eigenvalue weighted by Gasteiger charge is 2.25. The molecule has 0 radical (unpaired) electrons. The van der Waals surface area contributed by atoms with Crippen molar-refractivity contribution in [2.45, 2.75) is 26.7 Å². The second-order valence-corrected chi connectivity index (χ2v) is 5.91. The van der Waals surface area contributed by atoms with Gasteiger partial charge >= 0.3 is 6.03 Å². The van der Waals surface area contributed by atoms with E-state index in [0.29, 0.717) is 6.54 Å². The van der Waals surface area contributed by atoms with Crippen LogP contribution >= 0.6 is 0 Å². The molecule has 0 spiro atoms. The van der Waals surface area contributed by atoms with Crippen molar-refractivity contribution >= 4 is 17.8 Å². The maximum Gasteiger partial charge on any atom is 0.326 e. The highest BCUT2D eigenvalue weighted by Crippen LogP contribution is 2.24. The molecule has 6 heteroatoms. The first-order valence-corrected chi connectivity index (χ1v) is 7.60. The molecule has 0 fully saturated rings. The normalized spacial score (nSPS) is 13.0. The lowest BCUT2D eigenvalue weighted by molar-refractivity contribution is -0.130. The topological polar surface area (TPSA) is 83.7 Å². The summed E-state index contributed by atoms with van der Waals surface area (Å²) in [5.41, 5.74) is 6.29. The second-order valence-electron chi connectivity index (χ2n) is 5.91. The third-order valence-electron chi connectivity index (χ3n) is 3.99. The van der Waals surface area contributed by atoms with Crippen LogP contribution in [-0.4, -0.2) is 47.8 Å². The Kier molecular flexibility index (Phi) is 6.75. The van der Waals surface area contributed by atoms with Gasteiger partial charge in [-0.15, -0.1) is 0 Å². The Morgan fingerprint density at radius 2 is 1.70 bits per heavy atom. The zero-order valence-electron chi connectivity index (χ0n) is 14.2. The average molecular weight is 319 g/mol. The highest BCUT2D eigenvalue weighted by molar-refractivity contribution is 5.96. The van der Waals surface area contributed by atoms with Gasteiger partial charge < -0.3 is 10.6 Å². The fourth-order valence-corrected chi connectivity index (χ4v) is 2.43. The smallest absolute Gasteiger partial charge is 0.326 e. The van der Waals surface area contributed by atoms with Gasteiger partial charge in [-0.05, 0) is 17.4 Å². The molecule has 0 aliphatic rings. The maximum absolute atomic E-state index is 12.3. The van der Waals surface area contributed by atoms with Gasteiger partial charge in [-0.1, -0.05) is 44.2 Å². The van der Waals surface area contributed by atoms with E-state index < -0.39 is 24.4 Å². The largest absolute Gasteiger partial charge is 0.368 e. The first kappa shape index (κ1) is 18.7. The summed E-state index contributed by atoms with van der Waals surface area (Å²) in [6, 6.07) is 9.53. The number of urea groups is 1. The number of imide groups is 1. The fraction of sp³-hybridized carbons (Fsp3) is 0.471. The molecule has 0 aliphatic heterocycles. The number of carbonyl (C=O) groups is 3. The van der Waals surface area contributed by atoms with Crippen LogP contribution in [0.15, 0.2) is 30.3 Å². The minimum absolute atomic E-state index is 0.189. The van der Waals surface area contributed by atoms with Crippen molar-refractivity contribution in [2.75, 3.05) is 20.1 Å². The Morgan fingerprint density at radius 3 is 2.17 bits per heavy atom. The van der Waals surface area contributed by atoms with Crippen LogP contribution in [0.4, 0.5) is 4.79 Å². The summed E-state index contributed by atoms with van der Waals surface area (Å²) in [6.07, 6.45) is 0. The standard InChI is InChI=1S/C17H25N3O3/c1-12(13(2)15-8-6-5-7-9-15)10-19(4)17(23)20(14(3)21)11-16(18)22/h5-9,12-13H,10-11H2,1-4H3,(H2,18,22). The predicted octanol–water partition coefficient (Wildman–Crippen LogP) is 1.81. The molecule has 126 valence electrons. The summed E-state index contributed by atoms with van der Waals surface area (Å²) in [5, 5.41) is 0. The number of nitrogens with two attached hydrogens (primary N) is 1. The van der Waals surface area contributed by atoms with E-state index in [2.05, 4.69) is 19.1 Å². The number of benzene rings is 1. The average Bonchev–Trinajstić information content (AvgIpc) is 2.51. The zero-order valence-corrected chi connectivity index (χ0v) is 14.2. The van der Waals surface area contributed by atoms with Gasteiger partial charge in [0, 0.05) is 20.5 Å². The van der Waals surface area contributed by atoms with Crippen molar-refractivity contribution in [1.82, 2.24) is 9.80 Å². The molecule has 23 heavy (non-hydrogen) atoms. The van der Waals surface area contributed by atoms with Crippen LogP contribution in [-0.2, 0) is 9.59 Å². The number of primary amides is 1. The second kappa shape index (κ2) is 8.31. The van der Waals surface area contributed by atoms with Crippen LogP contribution in [0.3, 0.4) is 0 Å². The molecule has 0 saturated carbocycles. The van der Waals surface area contributed by atoms with Crippen molar-refractivity contribution in [3.63, 3.8) is 0 Å². The van der Waals surface area contributed by atoms with E-state index in [0.717, 1.165) is 4.90 Å². The van der Waals surface area contributed by atoms with Crippen LogP contribution in [0, 0.1) is 5.92 Å². The van der Waals surface area contributed by atoms with Crippen LogP contribution in [0.2, 0.25) is 0 Å². The minimum Gasteiger partial charge on any atom is -0.368 e. The van der Waals surface area contributed by atoms with Gasteiger partial charge in [-0.3, -0.25) is 14.5 Å². The highest BCUT2D eigenvalue weighted by atomic mass is 16.2. The molecule has 0 aliphatic carbocycles. The molecular weight excluding hydrogens is 294 g/mol. The molecule has 1 aromatic carbocycles. The summed E-state index contributed by atoms with van der Waals surface area (Å²) in [6.45, 7) is 5.46. The van der Waals surface area contributed by atoms with Gasteiger partial charge in [0.25, 0.3) is 0 Å². The minimum atomic E-state index is -0.715. The lowest BCUT2D eigenvalue weighted by Crippen LogP contribution is -2.48. The van der Waals surface area contributed by atoms with Crippen molar-refractivity contribution in [3.8, 4) is 0 Å². The van der Waals surface area contributed by atoms with E-state index >= 15 is 0 Å². The number of nitrogens with zero attached hydrogens (tertiary/aromatic N) is 2. The van der Waals surface area contributed by atoms with Gasteiger partial charge in [0.15, 0.2) is 0 Å². The molecule has 0 saturated heterocycles. The molecule has 0 heterocycles. The molecule has 4 amide bonds. The number of amides is 4. The zero-order chi connectivity index (χ0) is 17.6. The molecule has 1 rings (SSSR count). The molecule has 2 N–H and O–H groups in total. The van der Waals surface area contributed by atoms with E-state index in [1.54, 1.807) is 7.05 Å². The summed E-state index contributed by atoms with van der Waals surface area (Å²) in [7, 11) is 1.62. The van der Waals surface area contributed by atoms with Crippen molar-refractivity contribution in [3.05, 3.63) is 35.9 Å². The van der Waals surface area contributed by atoms with Crippen LogP contribution in [0.5, 0.6) is 0 Å². The molecule has 0 bridgehead atoms. The molecule has 2 unspecified atom stereocenters. The Morgan fingerprint density at radius 1 is 1.13 bits per heavy atom. The van der Waals surface area contributed by atoms with Crippen molar-refractivity contribution in [2.24, 2.45) is 11.7 Å². The summed E-state index contributed by atoms with van der Waals surface area (Å²) < 4.78 is 0. The van der Waals surface area contributed by atoms with E-state index in [4.69, 9.17) is 5.73 Å². The van der Waals surface area contributed by atoms with Gasteiger partial charge in [-0.25, -0.2) is 4.79 Å². The van der Waals surface area contributed by atoms with E-state index in [-0.39, 0.29) is 11.8 Å². The first-order chi connectivity index (χ1) is 10.7. The molecular formula is C17H25N3O3. The Labute approximate surface area is 137 Å². The monoisotopic (exact) mass is 319 g/mol. The summed E-state index contributed by atoms with van der Waals surface area (Å²) in [5.74, 6) is -0.765. The third-order valence-corrected chi connectivity index (χ3v) is 3.99. The number of rotatable bonds is 6. The van der Waals surface area contributed by atoms with E-state index in [1.807, 2.05) is 25.1 Å². The van der Waals surface area contributed by atoms with Gasteiger partial charge in [0.2, 0.25) is 11.8 Å². The predicted molar refractivity (Wildman–Crippen MR) is 88.6 cm³/mol. The van der Waals surface area contributed by atoms with Crippen LogP contribution in [0.1, 0.15) is 32.3 Å². The molecule has 1 aromatic rings. The third kappa shape index (κ3) is 5.39. The molecule has 2 atom stereocenters. The summed E-state index contributed by atoms with van der Waals surface area (Å²) >= 11 is 0. The maximum atomic E-state index is 12.3. The summed E-state index contributed by atoms with van der Waals surface area (Å²) in [4.78, 5) is 37.2.